The highest BCUT2D eigenvalue weighted by Crippen LogP contribution is 2.23. The van der Waals surface area contributed by atoms with Gasteiger partial charge in [0.2, 0.25) is 0 Å². The highest BCUT2D eigenvalue weighted by molar-refractivity contribution is 5.98. The lowest BCUT2D eigenvalue weighted by Crippen LogP contribution is -2.55. The minimum atomic E-state index is -1.55. The zero-order valence-electron chi connectivity index (χ0n) is 13.4. The second kappa shape index (κ2) is 7.04. The summed E-state index contributed by atoms with van der Waals surface area (Å²) in [6.45, 7) is 1.19. The predicted octanol–water partition coefficient (Wildman–Crippen LogP) is -0.110. The van der Waals surface area contributed by atoms with Gasteiger partial charge >= 0.3 is 5.97 Å². The number of carbonyl (C=O) groups is 2. The van der Waals surface area contributed by atoms with Crippen LogP contribution >= 0.6 is 0 Å². The van der Waals surface area contributed by atoms with Crippen LogP contribution in [0.2, 0.25) is 0 Å². The second-order valence-corrected chi connectivity index (χ2v) is 5.17. The maximum absolute atomic E-state index is 12.4. The lowest BCUT2D eigenvalue weighted by molar-refractivity contribution is -0.145. The molecule has 10 nitrogen and oxygen atoms in total. The Labute approximate surface area is 137 Å². The third-order valence-corrected chi connectivity index (χ3v) is 3.33. The van der Waals surface area contributed by atoms with E-state index in [9.17, 15) is 14.7 Å². The van der Waals surface area contributed by atoms with Gasteiger partial charge in [-0.25, -0.2) is 4.79 Å². The van der Waals surface area contributed by atoms with E-state index in [0.717, 1.165) is 0 Å². The first kappa shape index (κ1) is 17.3. The van der Waals surface area contributed by atoms with Crippen LogP contribution in [0, 0.1) is 0 Å². The Bertz CT molecular complexity index is 733. The molecule has 2 N–H and O–H groups in total. The molecular formula is C14H17N5O5. The molecule has 0 spiro atoms. The van der Waals surface area contributed by atoms with Gasteiger partial charge in [0.05, 0.1) is 13.7 Å². The first-order valence-corrected chi connectivity index (χ1v) is 6.87. The molecule has 0 fully saturated rings. The zero-order valence-corrected chi connectivity index (χ0v) is 13.4. The number of rotatable bonds is 7. The quantitative estimate of drug-likeness (QED) is 0.717. The molecule has 1 aromatic heterocycles. The van der Waals surface area contributed by atoms with E-state index < -0.39 is 17.4 Å². The van der Waals surface area contributed by atoms with Crippen molar-refractivity contribution in [3.05, 3.63) is 30.1 Å². The number of amides is 1. The van der Waals surface area contributed by atoms with Crippen LogP contribution in [0.15, 0.2) is 24.5 Å². The van der Waals surface area contributed by atoms with Crippen LogP contribution in [0.1, 0.15) is 17.3 Å². The standard InChI is InChI=1S/C14H17N5O5/c1-14(7-23-2,13(21)22)16-12(20)9-4-5-11(24-3)10(6-9)19-8-15-17-18-19/h4-6,8H,7H2,1-3H3,(H,16,20)(H,21,22). The van der Waals surface area contributed by atoms with E-state index in [4.69, 9.17) is 9.47 Å². The van der Waals surface area contributed by atoms with Crippen molar-refractivity contribution in [1.29, 1.82) is 0 Å². The van der Waals surface area contributed by atoms with E-state index >= 15 is 0 Å². The average Bonchev–Trinajstić information content (AvgIpc) is 3.08. The molecule has 0 saturated heterocycles. The van der Waals surface area contributed by atoms with Gasteiger partial charge in [-0.05, 0) is 35.5 Å². The summed E-state index contributed by atoms with van der Waals surface area (Å²) in [4.78, 5) is 23.8. The first-order valence-electron chi connectivity index (χ1n) is 6.87. The molecule has 0 aliphatic rings. The van der Waals surface area contributed by atoms with Crippen LogP contribution in [0.4, 0.5) is 0 Å². The van der Waals surface area contributed by atoms with Crippen molar-refractivity contribution in [2.24, 2.45) is 0 Å². The Hall–Kier alpha value is -3.01. The fraction of sp³-hybridized carbons (Fsp3) is 0.357. The highest BCUT2D eigenvalue weighted by atomic mass is 16.5. The number of benzene rings is 1. The Morgan fingerprint density at radius 2 is 2.12 bits per heavy atom. The number of carbonyl (C=O) groups excluding carboxylic acids is 1. The third-order valence-electron chi connectivity index (χ3n) is 3.33. The van der Waals surface area contributed by atoms with E-state index in [1.165, 1.54) is 44.3 Å². The molecule has 24 heavy (non-hydrogen) atoms. The lowest BCUT2D eigenvalue weighted by atomic mass is 10.0. The summed E-state index contributed by atoms with van der Waals surface area (Å²) in [5, 5.41) is 22.6. The number of hydrogen-bond donors (Lipinski definition) is 2. The van der Waals surface area contributed by atoms with E-state index in [1.54, 1.807) is 6.07 Å². The highest BCUT2D eigenvalue weighted by Gasteiger charge is 2.35. The molecule has 2 aromatic rings. The van der Waals surface area contributed by atoms with Crippen molar-refractivity contribution in [2.75, 3.05) is 20.8 Å². The molecule has 1 heterocycles. The molecule has 0 saturated carbocycles. The molecular weight excluding hydrogens is 318 g/mol. The maximum Gasteiger partial charge on any atom is 0.331 e. The van der Waals surface area contributed by atoms with Gasteiger partial charge in [-0.15, -0.1) is 5.10 Å². The molecule has 10 heteroatoms. The zero-order chi connectivity index (χ0) is 17.7. The number of nitrogens with one attached hydrogen (secondary N) is 1. The summed E-state index contributed by atoms with van der Waals surface area (Å²) in [6, 6.07) is 4.58. The molecule has 1 aromatic carbocycles. The molecule has 0 aliphatic carbocycles. The summed E-state index contributed by atoms with van der Waals surface area (Å²) < 4.78 is 11.4. The van der Waals surface area contributed by atoms with Crippen LogP contribution in [-0.2, 0) is 9.53 Å². The number of tetrazole rings is 1. The van der Waals surface area contributed by atoms with Gasteiger partial charge in [0.1, 0.15) is 17.8 Å². The largest absolute Gasteiger partial charge is 0.494 e. The number of carboxylic acid groups (broad SMARTS) is 1. The molecule has 1 amide bonds. The number of ether oxygens (including phenoxy) is 2. The Morgan fingerprint density at radius 1 is 1.38 bits per heavy atom. The van der Waals surface area contributed by atoms with Crippen LogP contribution in [0.25, 0.3) is 5.69 Å². The summed E-state index contributed by atoms with van der Waals surface area (Å²) in [6.07, 6.45) is 1.35. The number of methoxy groups -OCH3 is 2. The monoisotopic (exact) mass is 335 g/mol. The van der Waals surface area contributed by atoms with Gasteiger partial charge in [0, 0.05) is 12.7 Å². The summed E-state index contributed by atoms with van der Waals surface area (Å²) >= 11 is 0. The van der Waals surface area contributed by atoms with Crippen molar-refractivity contribution < 1.29 is 24.2 Å². The number of carboxylic acids is 1. The van der Waals surface area contributed by atoms with Gasteiger partial charge in [0.25, 0.3) is 5.91 Å². The topological polar surface area (TPSA) is 128 Å². The Morgan fingerprint density at radius 3 is 2.67 bits per heavy atom. The van der Waals surface area contributed by atoms with Gasteiger partial charge in [-0.2, -0.15) is 4.68 Å². The lowest BCUT2D eigenvalue weighted by Gasteiger charge is -2.25. The molecule has 1 atom stereocenters. The van der Waals surface area contributed by atoms with Crippen LogP contribution < -0.4 is 10.1 Å². The second-order valence-electron chi connectivity index (χ2n) is 5.17. The number of hydrogen-bond acceptors (Lipinski definition) is 7. The Balaban J connectivity index is 2.33. The van der Waals surface area contributed by atoms with Crippen molar-refractivity contribution in [2.45, 2.75) is 12.5 Å². The minimum Gasteiger partial charge on any atom is -0.494 e. The van der Waals surface area contributed by atoms with Gasteiger partial charge in [0.15, 0.2) is 5.54 Å². The smallest absolute Gasteiger partial charge is 0.331 e. The fourth-order valence-corrected chi connectivity index (χ4v) is 2.04. The normalized spacial score (nSPS) is 13.1. The van der Waals surface area contributed by atoms with Gasteiger partial charge in [-0.3, -0.25) is 4.79 Å². The molecule has 2 rings (SSSR count). The van der Waals surface area contributed by atoms with E-state index in [1.807, 2.05) is 0 Å². The molecule has 0 aliphatic heterocycles. The molecule has 0 bridgehead atoms. The number of aromatic nitrogens is 4. The minimum absolute atomic E-state index is 0.177. The number of aliphatic carboxylic acids is 1. The summed E-state index contributed by atoms with van der Waals surface area (Å²) in [5.41, 5.74) is -0.885. The van der Waals surface area contributed by atoms with E-state index in [0.29, 0.717) is 11.4 Å². The molecule has 128 valence electrons. The SMILES string of the molecule is COCC(C)(NC(=O)c1ccc(OC)c(-n2cnnn2)c1)C(=O)O. The van der Waals surface area contributed by atoms with Crippen LogP contribution in [0.5, 0.6) is 5.75 Å². The summed E-state index contributed by atoms with van der Waals surface area (Å²) in [7, 11) is 2.83. The van der Waals surface area contributed by atoms with E-state index in [-0.39, 0.29) is 12.2 Å². The van der Waals surface area contributed by atoms with Crippen LogP contribution in [0.3, 0.4) is 0 Å². The van der Waals surface area contributed by atoms with Gasteiger partial charge in [-0.1, -0.05) is 0 Å². The van der Waals surface area contributed by atoms with Crippen molar-refractivity contribution in [3.63, 3.8) is 0 Å². The van der Waals surface area contributed by atoms with Crippen molar-refractivity contribution >= 4 is 11.9 Å². The first-order chi connectivity index (χ1) is 11.4. The predicted molar refractivity (Wildman–Crippen MR) is 81.1 cm³/mol. The van der Waals surface area contributed by atoms with E-state index in [2.05, 4.69) is 20.8 Å². The average molecular weight is 335 g/mol. The van der Waals surface area contributed by atoms with Gasteiger partial charge < -0.3 is 19.9 Å². The molecule has 0 radical (unpaired) electrons. The summed E-state index contributed by atoms with van der Waals surface area (Å²) in [5.74, 6) is -1.32. The Kier molecular flexibility index (Phi) is 5.09. The maximum atomic E-state index is 12.4. The van der Waals surface area contributed by atoms with Crippen molar-refractivity contribution in [3.8, 4) is 11.4 Å². The molecule has 1 unspecified atom stereocenters. The van der Waals surface area contributed by atoms with Crippen LogP contribution in [-0.4, -0.2) is 63.6 Å². The third kappa shape index (κ3) is 3.49. The number of nitrogens with zero attached hydrogens (tertiary/aromatic N) is 4. The van der Waals surface area contributed by atoms with Crippen molar-refractivity contribution in [1.82, 2.24) is 25.5 Å². The fourth-order valence-electron chi connectivity index (χ4n) is 2.04.